The van der Waals surface area contributed by atoms with Crippen LogP contribution < -0.4 is 20.1 Å². The van der Waals surface area contributed by atoms with Gasteiger partial charge in [0.15, 0.2) is 0 Å². The van der Waals surface area contributed by atoms with Crippen LogP contribution in [0.4, 0.5) is 0 Å². The lowest BCUT2D eigenvalue weighted by Crippen LogP contribution is -2.31. The molecule has 1 aromatic rings. The monoisotopic (exact) mass is 304 g/mol. The van der Waals surface area contributed by atoms with Crippen LogP contribution in [0.1, 0.15) is 31.4 Å². The largest absolute Gasteiger partial charge is 0.494 e. The Bertz CT molecular complexity index is 553. The van der Waals surface area contributed by atoms with Crippen molar-refractivity contribution < 1.29 is 14.3 Å². The van der Waals surface area contributed by atoms with Crippen molar-refractivity contribution in [2.24, 2.45) is 5.92 Å². The first-order valence-electron chi connectivity index (χ1n) is 8.11. The Kier molecular flexibility index (Phi) is 4.52. The molecule has 5 nitrogen and oxygen atoms in total. The zero-order valence-electron chi connectivity index (χ0n) is 13.3. The number of nitrogens with one attached hydrogen (secondary N) is 2. The number of ether oxygens (including phenoxy) is 2. The van der Waals surface area contributed by atoms with E-state index < -0.39 is 0 Å². The number of fused-ring (bicyclic) bond motifs is 1. The quantitative estimate of drug-likeness (QED) is 0.868. The van der Waals surface area contributed by atoms with Gasteiger partial charge in [-0.25, -0.2) is 0 Å². The van der Waals surface area contributed by atoms with E-state index in [1.54, 1.807) is 0 Å². The molecule has 3 rings (SSSR count). The maximum Gasteiger partial charge on any atom is 0.224 e. The van der Waals surface area contributed by atoms with E-state index in [-0.39, 0.29) is 17.9 Å². The van der Waals surface area contributed by atoms with Gasteiger partial charge in [-0.15, -0.1) is 0 Å². The van der Waals surface area contributed by atoms with Crippen molar-refractivity contribution in [3.8, 4) is 11.5 Å². The van der Waals surface area contributed by atoms with E-state index in [0.717, 1.165) is 43.0 Å². The molecule has 1 saturated heterocycles. The summed E-state index contributed by atoms with van der Waals surface area (Å²) >= 11 is 0. The minimum atomic E-state index is 0.0845. The highest BCUT2D eigenvalue weighted by Crippen LogP contribution is 2.35. The third kappa shape index (κ3) is 3.19. The van der Waals surface area contributed by atoms with Gasteiger partial charge in [-0.2, -0.15) is 0 Å². The van der Waals surface area contributed by atoms with Crippen LogP contribution in [-0.2, 0) is 17.8 Å². The van der Waals surface area contributed by atoms with Crippen LogP contribution >= 0.6 is 0 Å². The second-order valence-corrected chi connectivity index (χ2v) is 6.04. The Labute approximate surface area is 131 Å². The number of amides is 1. The van der Waals surface area contributed by atoms with Crippen molar-refractivity contribution in [3.63, 3.8) is 0 Å². The van der Waals surface area contributed by atoms with E-state index >= 15 is 0 Å². The topological polar surface area (TPSA) is 59.6 Å². The number of benzene rings is 1. The first-order chi connectivity index (χ1) is 10.7. The predicted molar refractivity (Wildman–Crippen MR) is 84.2 cm³/mol. The van der Waals surface area contributed by atoms with Crippen LogP contribution in [0, 0.1) is 5.92 Å². The van der Waals surface area contributed by atoms with Gasteiger partial charge in [-0.1, -0.05) is 0 Å². The molecule has 2 heterocycles. The lowest BCUT2D eigenvalue weighted by molar-refractivity contribution is -0.124. The Balaban J connectivity index is 1.71. The summed E-state index contributed by atoms with van der Waals surface area (Å²) in [4.78, 5) is 12.2. The fraction of sp³-hybridized carbons (Fsp3) is 0.588. The lowest BCUT2D eigenvalue weighted by Gasteiger charge is -2.15. The first-order valence-corrected chi connectivity index (χ1v) is 8.11. The highest BCUT2D eigenvalue weighted by Gasteiger charge is 2.24. The molecule has 2 aliphatic heterocycles. The Hall–Kier alpha value is -1.75. The number of carbonyl (C=O) groups excluding carboxylic acids is 1. The first kappa shape index (κ1) is 15.2. The van der Waals surface area contributed by atoms with E-state index in [1.807, 2.05) is 13.0 Å². The average Bonchev–Trinajstić information content (AvgIpc) is 3.13. The Morgan fingerprint density at radius 3 is 3.09 bits per heavy atom. The van der Waals surface area contributed by atoms with E-state index in [2.05, 4.69) is 23.6 Å². The standard InChI is InChI=1S/C17H24N2O3/c1-3-21-15-7-13-6-11(2)22-16(13)8-14(15)10-19-17(20)12-4-5-18-9-12/h7-8,11-12,18H,3-6,9-10H2,1-2H3,(H,19,20). The molecule has 0 saturated carbocycles. The second-order valence-electron chi connectivity index (χ2n) is 6.04. The average molecular weight is 304 g/mol. The molecule has 0 bridgehead atoms. The van der Waals surface area contributed by atoms with Gasteiger partial charge < -0.3 is 20.1 Å². The third-order valence-corrected chi connectivity index (χ3v) is 4.26. The smallest absolute Gasteiger partial charge is 0.224 e. The molecule has 2 unspecified atom stereocenters. The molecule has 5 heteroatoms. The van der Waals surface area contributed by atoms with E-state index in [9.17, 15) is 4.79 Å². The molecular formula is C17H24N2O3. The summed E-state index contributed by atoms with van der Waals surface area (Å²) in [6.45, 7) is 6.83. The molecule has 0 aliphatic carbocycles. The highest BCUT2D eigenvalue weighted by atomic mass is 16.5. The van der Waals surface area contributed by atoms with Gasteiger partial charge in [-0.3, -0.25) is 4.79 Å². The number of hydrogen-bond acceptors (Lipinski definition) is 4. The van der Waals surface area contributed by atoms with Gasteiger partial charge in [0.1, 0.15) is 17.6 Å². The summed E-state index contributed by atoms with van der Waals surface area (Å²) in [5.74, 6) is 1.97. The molecule has 2 atom stereocenters. The minimum absolute atomic E-state index is 0.0845. The van der Waals surface area contributed by atoms with E-state index in [4.69, 9.17) is 9.47 Å². The second kappa shape index (κ2) is 6.57. The van der Waals surface area contributed by atoms with Crippen molar-refractivity contribution in [1.29, 1.82) is 0 Å². The van der Waals surface area contributed by atoms with Crippen molar-refractivity contribution in [2.45, 2.75) is 39.3 Å². The number of rotatable bonds is 5. The predicted octanol–water partition coefficient (Wildman–Crippen LogP) is 1.63. The zero-order valence-corrected chi connectivity index (χ0v) is 13.3. The molecule has 22 heavy (non-hydrogen) atoms. The maximum atomic E-state index is 12.2. The van der Waals surface area contributed by atoms with Gasteiger partial charge in [-0.05, 0) is 38.9 Å². The number of hydrogen-bond donors (Lipinski definition) is 2. The summed E-state index contributed by atoms with van der Waals surface area (Å²) in [6.07, 6.45) is 2.03. The van der Waals surface area contributed by atoms with Gasteiger partial charge in [0.2, 0.25) is 5.91 Å². The summed E-state index contributed by atoms with van der Waals surface area (Å²) in [7, 11) is 0. The molecule has 120 valence electrons. The van der Waals surface area contributed by atoms with Crippen LogP contribution in [0.2, 0.25) is 0 Å². The lowest BCUT2D eigenvalue weighted by atomic mass is 10.1. The van der Waals surface area contributed by atoms with Crippen LogP contribution in [-0.4, -0.2) is 31.7 Å². The Morgan fingerprint density at radius 1 is 1.50 bits per heavy atom. The van der Waals surface area contributed by atoms with Crippen LogP contribution in [0.15, 0.2) is 12.1 Å². The zero-order chi connectivity index (χ0) is 15.5. The molecule has 1 amide bonds. The molecule has 0 aromatic heterocycles. The summed E-state index contributed by atoms with van der Waals surface area (Å²) in [5.41, 5.74) is 2.17. The Morgan fingerprint density at radius 2 is 2.36 bits per heavy atom. The fourth-order valence-electron chi connectivity index (χ4n) is 3.11. The molecule has 1 aromatic carbocycles. The van der Waals surface area contributed by atoms with E-state index in [1.165, 1.54) is 5.56 Å². The summed E-state index contributed by atoms with van der Waals surface area (Å²) in [5, 5.41) is 6.24. The molecule has 0 radical (unpaired) electrons. The van der Waals surface area contributed by atoms with Crippen LogP contribution in [0.5, 0.6) is 11.5 Å². The fourth-order valence-corrected chi connectivity index (χ4v) is 3.11. The molecule has 2 N–H and O–H groups in total. The van der Waals surface area contributed by atoms with Crippen LogP contribution in [0.25, 0.3) is 0 Å². The van der Waals surface area contributed by atoms with Crippen molar-refractivity contribution in [2.75, 3.05) is 19.7 Å². The highest BCUT2D eigenvalue weighted by molar-refractivity contribution is 5.79. The molecular weight excluding hydrogens is 280 g/mol. The summed E-state index contributed by atoms with van der Waals surface area (Å²) in [6, 6.07) is 4.07. The molecule has 0 spiro atoms. The van der Waals surface area contributed by atoms with Crippen LogP contribution in [0.3, 0.4) is 0 Å². The van der Waals surface area contributed by atoms with Gasteiger partial charge in [0.05, 0.1) is 12.5 Å². The van der Waals surface area contributed by atoms with E-state index in [0.29, 0.717) is 13.2 Å². The van der Waals surface area contributed by atoms with Crippen molar-refractivity contribution in [3.05, 3.63) is 23.3 Å². The normalized spacial score (nSPS) is 23.0. The van der Waals surface area contributed by atoms with Crippen molar-refractivity contribution >= 4 is 5.91 Å². The minimum Gasteiger partial charge on any atom is -0.494 e. The van der Waals surface area contributed by atoms with Gasteiger partial charge in [0, 0.05) is 30.6 Å². The van der Waals surface area contributed by atoms with Gasteiger partial charge >= 0.3 is 0 Å². The number of carbonyl (C=O) groups is 1. The maximum absolute atomic E-state index is 12.2. The summed E-state index contributed by atoms with van der Waals surface area (Å²) < 4.78 is 11.5. The van der Waals surface area contributed by atoms with Gasteiger partial charge in [0.25, 0.3) is 0 Å². The molecule has 2 aliphatic rings. The SMILES string of the molecule is CCOc1cc2c(cc1CNC(=O)C1CCNC1)OC(C)C2. The molecule has 1 fully saturated rings. The van der Waals surface area contributed by atoms with Crippen molar-refractivity contribution in [1.82, 2.24) is 10.6 Å². The third-order valence-electron chi connectivity index (χ3n) is 4.26.